The molecule has 1 saturated heterocycles. The van der Waals surface area contributed by atoms with Crippen LogP contribution in [-0.2, 0) is 9.59 Å². The molecule has 0 unspecified atom stereocenters. The molecular weight excluding hydrogens is 195 g/mol. The molecule has 1 aliphatic heterocycles. The van der Waals surface area contributed by atoms with E-state index in [4.69, 9.17) is 23.2 Å². The van der Waals surface area contributed by atoms with Gasteiger partial charge in [0.1, 0.15) is 0 Å². The van der Waals surface area contributed by atoms with Gasteiger partial charge in [0.2, 0.25) is 0 Å². The molecule has 4 amide bonds. The van der Waals surface area contributed by atoms with Gasteiger partial charge in [-0.1, -0.05) is 23.2 Å². The van der Waals surface area contributed by atoms with Crippen LogP contribution in [0.4, 0.5) is 4.79 Å². The summed E-state index contributed by atoms with van der Waals surface area (Å²) in [6.45, 7) is 0. The summed E-state index contributed by atoms with van der Waals surface area (Å²) >= 11 is 10.5. The summed E-state index contributed by atoms with van der Waals surface area (Å²) in [5.74, 6) is -2.07. The van der Waals surface area contributed by atoms with Crippen molar-refractivity contribution in [1.82, 2.24) is 10.6 Å². The van der Waals surface area contributed by atoms with E-state index in [0.29, 0.717) is 0 Å². The van der Waals surface area contributed by atoms with Gasteiger partial charge in [-0.25, -0.2) is 4.79 Å². The van der Waals surface area contributed by atoms with E-state index in [1.165, 1.54) is 0 Å². The van der Waals surface area contributed by atoms with Crippen molar-refractivity contribution in [2.24, 2.45) is 0 Å². The number of carbonyl (C=O) groups is 3. The fourth-order valence-corrected chi connectivity index (χ4v) is 0.687. The summed E-state index contributed by atoms with van der Waals surface area (Å²) in [5, 5.41) is 3.45. The van der Waals surface area contributed by atoms with E-state index in [-0.39, 0.29) is 0 Å². The molecule has 1 fully saturated rings. The van der Waals surface area contributed by atoms with Crippen molar-refractivity contribution >= 4 is 41.0 Å². The molecule has 5 nitrogen and oxygen atoms in total. The van der Waals surface area contributed by atoms with Crippen molar-refractivity contribution in [2.45, 2.75) is 4.33 Å². The highest BCUT2D eigenvalue weighted by molar-refractivity contribution is 6.69. The van der Waals surface area contributed by atoms with Crippen LogP contribution in [-0.4, -0.2) is 22.2 Å². The zero-order chi connectivity index (χ0) is 8.65. The third-order valence-corrected chi connectivity index (χ3v) is 1.71. The first-order valence-corrected chi connectivity index (χ1v) is 3.25. The molecule has 1 rings (SSSR count). The van der Waals surface area contributed by atoms with Crippen LogP contribution in [0.25, 0.3) is 0 Å². The molecule has 0 aromatic heterocycles. The zero-order valence-electron chi connectivity index (χ0n) is 4.98. The quantitative estimate of drug-likeness (QED) is 0.407. The van der Waals surface area contributed by atoms with Gasteiger partial charge in [-0.05, 0) is 0 Å². The van der Waals surface area contributed by atoms with E-state index in [1.807, 2.05) is 0 Å². The summed E-state index contributed by atoms with van der Waals surface area (Å²) in [5.41, 5.74) is 0. The third kappa shape index (κ3) is 1.29. The number of halogens is 2. The van der Waals surface area contributed by atoms with Crippen LogP contribution in [0.15, 0.2) is 0 Å². The highest BCUT2D eigenvalue weighted by Gasteiger charge is 2.47. The van der Waals surface area contributed by atoms with Gasteiger partial charge in [0.15, 0.2) is 0 Å². The maximum Gasteiger partial charge on any atom is 0.328 e. The predicted octanol–water partition coefficient (Wildman–Crippen LogP) is -0.474. The van der Waals surface area contributed by atoms with Crippen LogP contribution in [0.1, 0.15) is 0 Å². The Morgan fingerprint density at radius 3 is 1.73 bits per heavy atom. The summed E-state index contributed by atoms with van der Waals surface area (Å²) in [6.07, 6.45) is 0. The van der Waals surface area contributed by atoms with Gasteiger partial charge < -0.3 is 0 Å². The molecule has 0 aromatic carbocycles. The molecule has 7 heteroatoms. The number of urea groups is 1. The molecule has 0 aromatic rings. The zero-order valence-corrected chi connectivity index (χ0v) is 6.49. The minimum Gasteiger partial charge on any atom is -0.275 e. The highest BCUT2D eigenvalue weighted by atomic mass is 35.5. The van der Waals surface area contributed by atoms with Crippen LogP contribution < -0.4 is 10.6 Å². The molecule has 0 radical (unpaired) electrons. The molecule has 0 spiro atoms. The van der Waals surface area contributed by atoms with E-state index in [1.54, 1.807) is 10.6 Å². The van der Waals surface area contributed by atoms with E-state index in [0.717, 1.165) is 0 Å². The average molecular weight is 197 g/mol. The highest BCUT2D eigenvalue weighted by Crippen LogP contribution is 2.22. The molecule has 0 bridgehead atoms. The first-order valence-electron chi connectivity index (χ1n) is 2.49. The minimum atomic E-state index is -2.20. The van der Waals surface area contributed by atoms with Crippen molar-refractivity contribution in [1.29, 1.82) is 0 Å². The lowest BCUT2D eigenvalue weighted by molar-refractivity contribution is -0.130. The second-order valence-corrected chi connectivity index (χ2v) is 3.14. The summed E-state index contributed by atoms with van der Waals surface area (Å²) in [4.78, 5) is 31.8. The number of hydrogen-bond acceptors (Lipinski definition) is 3. The monoisotopic (exact) mass is 196 g/mol. The fraction of sp³-hybridized carbons (Fsp3) is 0.250. The lowest BCUT2D eigenvalue weighted by atomic mass is 10.3. The molecule has 60 valence electrons. The van der Waals surface area contributed by atoms with E-state index >= 15 is 0 Å². The predicted molar refractivity (Wildman–Crippen MR) is 36.1 cm³/mol. The molecular formula is C4H2Cl2N2O3. The minimum absolute atomic E-state index is 0.920. The SMILES string of the molecule is O=C1NC(=O)C(Cl)(Cl)C(=O)N1. The van der Waals surface area contributed by atoms with Crippen molar-refractivity contribution in [3.05, 3.63) is 0 Å². The lowest BCUT2D eigenvalue weighted by Crippen LogP contribution is -2.61. The maximum absolute atomic E-state index is 10.7. The molecule has 1 heterocycles. The number of barbiturate groups is 1. The Morgan fingerprint density at radius 1 is 1.00 bits per heavy atom. The van der Waals surface area contributed by atoms with Gasteiger partial charge >= 0.3 is 6.03 Å². The van der Waals surface area contributed by atoms with Crippen molar-refractivity contribution in [3.8, 4) is 0 Å². The number of imide groups is 2. The second kappa shape index (κ2) is 2.35. The number of amides is 4. The fourth-order valence-electron chi connectivity index (χ4n) is 0.498. The van der Waals surface area contributed by atoms with E-state index < -0.39 is 22.2 Å². The van der Waals surface area contributed by atoms with E-state index in [9.17, 15) is 14.4 Å². The first-order chi connectivity index (χ1) is 4.94. The number of nitrogens with one attached hydrogen (secondary N) is 2. The summed E-state index contributed by atoms with van der Waals surface area (Å²) in [7, 11) is 0. The Bertz CT molecular complexity index is 228. The Balaban J connectivity index is 2.93. The molecule has 2 N–H and O–H groups in total. The Labute approximate surface area is 71.0 Å². The van der Waals surface area contributed by atoms with Crippen molar-refractivity contribution < 1.29 is 14.4 Å². The first kappa shape index (κ1) is 8.29. The second-order valence-electron chi connectivity index (χ2n) is 1.81. The molecule has 1 aliphatic rings. The van der Waals surface area contributed by atoms with Crippen LogP contribution in [0.3, 0.4) is 0 Å². The normalized spacial score (nSPS) is 22.5. The van der Waals surface area contributed by atoms with E-state index in [2.05, 4.69) is 0 Å². The standard InChI is InChI=1S/C4H2Cl2N2O3/c5-4(6)1(9)7-3(11)8-2(4)10/h(H2,7,8,9,10,11). The van der Waals surface area contributed by atoms with Gasteiger partial charge in [-0.2, -0.15) is 0 Å². The number of hydrogen-bond donors (Lipinski definition) is 2. The Kier molecular flexibility index (Phi) is 1.77. The number of carbonyl (C=O) groups excluding carboxylic acids is 3. The smallest absolute Gasteiger partial charge is 0.275 e. The van der Waals surface area contributed by atoms with Crippen molar-refractivity contribution in [2.75, 3.05) is 0 Å². The van der Waals surface area contributed by atoms with Gasteiger partial charge in [0.25, 0.3) is 16.1 Å². The Morgan fingerprint density at radius 2 is 1.36 bits per heavy atom. The average Bonchev–Trinajstić information content (AvgIpc) is 1.84. The molecule has 0 atom stereocenters. The topological polar surface area (TPSA) is 75.3 Å². The summed E-state index contributed by atoms with van der Waals surface area (Å²) < 4.78 is -2.20. The van der Waals surface area contributed by atoms with Crippen LogP contribution >= 0.6 is 23.2 Å². The Hall–Kier alpha value is -0.810. The van der Waals surface area contributed by atoms with Crippen LogP contribution in [0.5, 0.6) is 0 Å². The van der Waals surface area contributed by atoms with Crippen LogP contribution in [0, 0.1) is 0 Å². The molecule has 0 saturated carbocycles. The lowest BCUT2D eigenvalue weighted by Gasteiger charge is -2.21. The molecule has 11 heavy (non-hydrogen) atoms. The largest absolute Gasteiger partial charge is 0.328 e. The summed E-state index contributed by atoms with van der Waals surface area (Å²) in [6, 6.07) is -0.920. The number of rotatable bonds is 0. The van der Waals surface area contributed by atoms with Gasteiger partial charge in [-0.3, -0.25) is 20.2 Å². The van der Waals surface area contributed by atoms with Gasteiger partial charge in [0.05, 0.1) is 0 Å². The van der Waals surface area contributed by atoms with Gasteiger partial charge in [-0.15, -0.1) is 0 Å². The van der Waals surface area contributed by atoms with Crippen LogP contribution in [0.2, 0.25) is 0 Å². The number of alkyl halides is 2. The van der Waals surface area contributed by atoms with Crippen molar-refractivity contribution in [3.63, 3.8) is 0 Å². The maximum atomic E-state index is 10.7. The van der Waals surface area contributed by atoms with Gasteiger partial charge in [0, 0.05) is 0 Å². The third-order valence-electron chi connectivity index (χ3n) is 1.02. The molecule has 0 aliphatic carbocycles.